The summed E-state index contributed by atoms with van der Waals surface area (Å²) in [6.45, 7) is 5.31. The van der Waals surface area contributed by atoms with E-state index in [0.29, 0.717) is 23.9 Å². The van der Waals surface area contributed by atoms with Crippen molar-refractivity contribution >= 4 is 21.4 Å². The monoisotopic (exact) mass is 495 g/mol. The zero-order valence-electron chi connectivity index (χ0n) is 19.0. The van der Waals surface area contributed by atoms with E-state index in [1.807, 2.05) is 49.4 Å². The molecule has 0 spiro atoms. The van der Waals surface area contributed by atoms with Crippen molar-refractivity contribution < 1.29 is 8.42 Å². The maximum Gasteiger partial charge on any atom is 0.198 e. The second-order valence-corrected chi connectivity index (χ2v) is 10.5. The number of hydrogen-bond acceptors (Lipinski definition) is 6. The first-order chi connectivity index (χ1) is 16.4. The molecule has 176 valence electrons. The van der Waals surface area contributed by atoms with Crippen molar-refractivity contribution in [1.82, 2.24) is 25.1 Å². The van der Waals surface area contributed by atoms with Crippen molar-refractivity contribution in [2.24, 2.45) is 0 Å². The van der Waals surface area contributed by atoms with E-state index in [1.54, 1.807) is 24.3 Å². The molecule has 3 aromatic carbocycles. The minimum absolute atomic E-state index is 0.235. The molecule has 0 saturated carbocycles. The number of tetrazole rings is 1. The number of hydrogen-bond donors (Lipinski definition) is 0. The Morgan fingerprint density at radius 2 is 1.65 bits per heavy atom. The van der Waals surface area contributed by atoms with E-state index >= 15 is 0 Å². The molecule has 4 aromatic rings. The first-order valence-corrected chi connectivity index (χ1v) is 13.0. The number of aryl methyl sites for hydroxylation is 1. The SMILES string of the molecule is CCN(Cc1ccccc1)C(c1ccc(Cl)cc1)c1nnnn1CS(=O)(=O)c1ccc(C)cc1. The van der Waals surface area contributed by atoms with Crippen LogP contribution in [0.15, 0.2) is 83.8 Å². The van der Waals surface area contributed by atoms with Gasteiger partial charge in [-0.15, -0.1) is 5.10 Å². The smallest absolute Gasteiger partial charge is 0.198 e. The van der Waals surface area contributed by atoms with E-state index in [9.17, 15) is 8.42 Å². The van der Waals surface area contributed by atoms with Crippen LogP contribution in [-0.4, -0.2) is 40.1 Å². The second-order valence-electron chi connectivity index (χ2n) is 8.10. The lowest BCUT2D eigenvalue weighted by molar-refractivity contribution is 0.216. The van der Waals surface area contributed by atoms with E-state index < -0.39 is 9.84 Å². The van der Waals surface area contributed by atoms with Crippen molar-refractivity contribution in [2.45, 2.75) is 37.2 Å². The van der Waals surface area contributed by atoms with Crippen molar-refractivity contribution in [2.75, 3.05) is 6.54 Å². The van der Waals surface area contributed by atoms with Crippen LogP contribution in [0, 0.1) is 6.92 Å². The van der Waals surface area contributed by atoms with E-state index in [4.69, 9.17) is 11.6 Å². The summed E-state index contributed by atoms with van der Waals surface area (Å²) in [6.07, 6.45) is 0. The van der Waals surface area contributed by atoms with Crippen molar-refractivity contribution in [3.63, 3.8) is 0 Å². The Kier molecular flexibility index (Phi) is 7.41. The molecule has 7 nitrogen and oxygen atoms in total. The molecule has 1 aromatic heterocycles. The van der Waals surface area contributed by atoms with E-state index in [0.717, 1.165) is 16.7 Å². The van der Waals surface area contributed by atoms with E-state index in [1.165, 1.54) is 4.68 Å². The van der Waals surface area contributed by atoms with Crippen LogP contribution in [0.4, 0.5) is 0 Å². The van der Waals surface area contributed by atoms with Crippen LogP contribution in [0.3, 0.4) is 0 Å². The van der Waals surface area contributed by atoms with Gasteiger partial charge in [0.15, 0.2) is 21.5 Å². The predicted molar refractivity (Wildman–Crippen MR) is 132 cm³/mol. The summed E-state index contributed by atoms with van der Waals surface area (Å²) >= 11 is 6.14. The Morgan fingerprint density at radius 3 is 2.29 bits per heavy atom. The van der Waals surface area contributed by atoms with Crippen molar-refractivity contribution in [1.29, 1.82) is 0 Å². The normalized spacial score (nSPS) is 12.7. The summed E-state index contributed by atoms with van der Waals surface area (Å²) in [5.74, 6) is 0.0987. The predicted octanol–water partition coefficient (Wildman–Crippen LogP) is 4.68. The van der Waals surface area contributed by atoms with Gasteiger partial charge in [-0.2, -0.15) is 0 Å². The molecule has 0 aliphatic rings. The standard InChI is InChI=1S/C25H26ClN5O2S/c1-3-30(17-20-7-5-4-6-8-20)24(21-11-13-22(26)14-12-21)25-27-28-29-31(25)18-34(32,33)23-15-9-19(2)10-16-23/h4-16,24H,3,17-18H2,1-2H3. The Morgan fingerprint density at radius 1 is 0.971 bits per heavy atom. The molecule has 34 heavy (non-hydrogen) atoms. The summed E-state index contributed by atoms with van der Waals surface area (Å²) in [6, 6.07) is 24.0. The lowest BCUT2D eigenvalue weighted by Gasteiger charge is -2.30. The van der Waals surface area contributed by atoms with Crippen LogP contribution >= 0.6 is 11.6 Å². The fraction of sp³-hybridized carbons (Fsp3) is 0.240. The number of nitrogens with zero attached hydrogens (tertiary/aromatic N) is 5. The Labute approximate surface area is 204 Å². The molecule has 1 unspecified atom stereocenters. The molecule has 0 aliphatic heterocycles. The molecule has 1 heterocycles. The van der Waals surface area contributed by atoms with Gasteiger partial charge in [-0.25, -0.2) is 13.1 Å². The quantitative estimate of drug-likeness (QED) is 0.335. The zero-order chi connectivity index (χ0) is 24.1. The molecule has 0 amide bonds. The van der Waals surface area contributed by atoms with Gasteiger partial charge in [0, 0.05) is 11.6 Å². The van der Waals surface area contributed by atoms with Crippen molar-refractivity contribution in [3.8, 4) is 0 Å². The van der Waals surface area contributed by atoms with Gasteiger partial charge in [0.1, 0.15) is 0 Å². The van der Waals surface area contributed by atoms with Gasteiger partial charge in [-0.05, 0) is 59.3 Å². The highest BCUT2D eigenvalue weighted by Gasteiger charge is 2.29. The molecule has 9 heteroatoms. The lowest BCUT2D eigenvalue weighted by atomic mass is 10.0. The van der Waals surface area contributed by atoms with E-state index in [2.05, 4.69) is 39.5 Å². The van der Waals surface area contributed by atoms with Gasteiger partial charge in [-0.1, -0.05) is 78.7 Å². The number of sulfone groups is 1. The Hall–Kier alpha value is -3.07. The summed E-state index contributed by atoms with van der Waals surface area (Å²) in [5, 5.41) is 12.8. The lowest BCUT2D eigenvalue weighted by Crippen LogP contribution is -2.32. The molecule has 1 atom stereocenters. The van der Waals surface area contributed by atoms with E-state index in [-0.39, 0.29) is 16.8 Å². The third kappa shape index (κ3) is 5.52. The topological polar surface area (TPSA) is 81.0 Å². The molecule has 0 aliphatic carbocycles. The molecular formula is C25H26ClN5O2S. The third-order valence-electron chi connectivity index (χ3n) is 5.66. The molecular weight excluding hydrogens is 470 g/mol. The first kappa shape index (κ1) is 24.1. The van der Waals surface area contributed by atoms with Crippen LogP contribution in [0.5, 0.6) is 0 Å². The summed E-state index contributed by atoms with van der Waals surface area (Å²) in [5.41, 5.74) is 3.05. The minimum Gasteiger partial charge on any atom is -0.286 e. The largest absolute Gasteiger partial charge is 0.286 e. The minimum atomic E-state index is -3.66. The van der Waals surface area contributed by atoms with Gasteiger partial charge in [-0.3, -0.25) is 4.90 Å². The highest BCUT2D eigenvalue weighted by molar-refractivity contribution is 7.90. The molecule has 0 radical (unpaired) electrons. The van der Waals surface area contributed by atoms with Crippen LogP contribution < -0.4 is 0 Å². The Bertz CT molecular complexity index is 1320. The van der Waals surface area contributed by atoms with Gasteiger partial charge in [0.2, 0.25) is 0 Å². The van der Waals surface area contributed by atoms with Crippen LogP contribution in [-0.2, 0) is 22.3 Å². The van der Waals surface area contributed by atoms with Crippen LogP contribution in [0.2, 0.25) is 5.02 Å². The van der Waals surface area contributed by atoms with Crippen LogP contribution in [0.1, 0.15) is 35.5 Å². The summed E-state index contributed by atoms with van der Waals surface area (Å²) in [4.78, 5) is 2.44. The summed E-state index contributed by atoms with van der Waals surface area (Å²) in [7, 11) is -3.66. The summed E-state index contributed by atoms with van der Waals surface area (Å²) < 4.78 is 27.7. The number of rotatable bonds is 9. The van der Waals surface area contributed by atoms with Crippen molar-refractivity contribution in [3.05, 3.63) is 106 Å². The average Bonchev–Trinajstić information content (AvgIpc) is 3.27. The number of aromatic nitrogens is 4. The number of benzene rings is 3. The molecule has 0 N–H and O–H groups in total. The Balaban J connectivity index is 1.73. The van der Waals surface area contributed by atoms with Gasteiger partial charge in [0.25, 0.3) is 0 Å². The van der Waals surface area contributed by atoms with Gasteiger partial charge in [0.05, 0.1) is 10.9 Å². The number of halogens is 1. The molecule has 0 fully saturated rings. The third-order valence-corrected chi connectivity index (χ3v) is 7.49. The first-order valence-electron chi connectivity index (χ1n) is 11.0. The molecule has 0 bridgehead atoms. The maximum atomic E-state index is 13.1. The maximum absolute atomic E-state index is 13.1. The second kappa shape index (κ2) is 10.5. The average molecular weight is 496 g/mol. The zero-order valence-corrected chi connectivity index (χ0v) is 20.6. The van der Waals surface area contributed by atoms with Crippen LogP contribution in [0.25, 0.3) is 0 Å². The molecule has 4 rings (SSSR count). The fourth-order valence-corrected chi connectivity index (χ4v) is 5.18. The highest BCUT2D eigenvalue weighted by Crippen LogP contribution is 2.30. The highest BCUT2D eigenvalue weighted by atomic mass is 35.5. The van der Waals surface area contributed by atoms with Gasteiger partial charge >= 0.3 is 0 Å². The van der Waals surface area contributed by atoms with Gasteiger partial charge < -0.3 is 0 Å². The molecule has 0 saturated heterocycles. The fourth-order valence-electron chi connectivity index (χ4n) is 3.85.